The summed E-state index contributed by atoms with van der Waals surface area (Å²) < 4.78 is 44.1. The van der Waals surface area contributed by atoms with Crippen molar-refractivity contribution in [3.63, 3.8) is 0 Å². The second-order valence-corrected chi connectivity index (χ2v) is 10.2. The summed E-state index contributed by atoms with van der Waals surface area (Å²) in [6.07, 6.45) is 1.18. The number of benzene rings is 3. The van der Waals surface area contributed by atoms with Crippen molar-refractivity contribution in [2.45, 2.75) is 18.4 Å². The molecule has 0 bridgehead atoms. The predicted molar refractivity (Wildman–Crippen MR) is 122 cm³/mol. The topological polar surface area (TPSA) is 56.3 Å². The number of ether oxygens (including phenoxy) is 1. The normalized spacial score (nSPS) is 11.5. The SMILES string of the molecule is Cc1ccc(OCc2nc(-c3ccccc3S(C)(=O)=O)c(-c3ccc(F)cc3)s2)cc1. The molecule has 4 rings (SSSR count). The second-order valence-electron chi connectivity index (χ2n) is 7.16. The molecule has 158 valence electrons. The lowest BCUT2D eigenvalue weighted by Gasteiger charge is -2.08. The molecule has 0 fully saturated rings. The smallest absolute Gasteiger partial charge is 0.176 e. The molecule has 0 aliphatic heterocycles. The van der Waals surface area contributed by atoms with Crippen LogP contribution in [0.25, 0.3) is 21.7 Å². The average molecular weight is 454 g/mol. The van der Waals surface area contributed by atoms with E-state index in [9.17, 15) is 12.8 Å². The van der Waals surface area contributed by atoms with Crippen molar-refractivity contribution in [3.05, 3.63) is 89.2 Å². The summed E-state index contributed by atoms with van der Waals surface area (Å²) in [5.74, 6) is 0.386. The molecule has 0 spiro atoms. The van der Waals surface area contributed by atoms with E-state index >= 15 is 0 Å². The maximum atomic E-state index is 13.5. The Bertz CT molecular complexity index is 1310. The van der Waals surface area contributed by atoms with Gasteiger partial charge in [-0.25, -0.2) is 17.8 Å². The Balaban J connectivity index is 1.78. The first-order valence-electron chi connectivity index (χ1n) is 9.56. The summed E-state index contributed by atoms with van der Waals surface area (Å²) in [4.78, 5) is 5.69. The molecular formula is C24H20FNO3S2. The van der Waals surface area contributed by atoms with Crippen molar-refractivity contribution in [2.75, 3.05) is 6.26 Å². The minimum Gasteiger partial charge on any atom is -0.486 e. The van der Waals surface area contributed by atoms with E-state index < -0.39 is 9.84 Å². The number of thiazole rings is 1. The van der Waals surface area contributed by atoms with Gasteiger partial charge in [0, 0.05) is 11.8 Å². The highest BCUT2D eigenvalue weighted by atomic mass is 32.2. The van der Waals surface area contributed by atoms with E-state index in [0.29, 0.717) is 16.3 Å². The molecule has 4 nitrogen and oxygen atoms in total. The third-order valence-corrected chi connectivity index (χ3v) is 6.94. The maximum Gasteiger partial charge on any atom is 0.176 e. The van der Waals surface area contributed by atoms with Gasteiger partial charge in [-0.2, -0.15) is 0 Å². The Hall–Kier alpha value is -3.03. The van der Waals surface area contributed by atoms with Crippen LogP contribution in [0, 0.1) is 12.7 Å². The summed E-state index contributed by atoms with van der Waals surface area (Å²) in [5, 5.41) is 0.693. The van der Waals surface area contributed by atoms with Gasteiger partial charge in [0.05, 0.1) is 15.5 Å². The number of hydrogen-bond donors (Lipinski definition) is 0. The highest BCUT2D eigenvalue weighted by Gasteiger charge is 2.21. The monoisotopic (exact) mass is 453 g/mol. The van der Waals surface area contributed by atoms with Crippen LogP contribution < -0.4 is 4.74 Å². The minimum absolute atomic E-state index is 0.203. The van der Waals surface area contributed by atoms with E-state index in [2.05, 4.69) is 0 Å². The van der Waals surface area contributed by atoms with Crippen LogP contribution in [0.3, 0.4) is 0 Å². The van der Waals surface area contributed by atoms with Gasteiger partial charge in [0.25, 0.3) is 0 Å². The summed E-state index contributed by atoms with van der Waals surface area (Å²) in [6.45, 7) is 2.24. The highest BCUT2D eigenvalue weighted by Crippen LogP contribution is 2.39. The van der Waals surface area contributed by atoms with Gasteiger partial charge >= 0.3 is 0 Å². The number of hydrogen-bond acceptors (Lipinski definition) is 5. The van der Waals surface area contributed by atoms with Crippen LogP contribution in [0.15, 0.2) is 77.7 Å². The van der Waals surface area contributed by atoms with Crippen LogP contribution in [0.4, 0.5) is 4.39 Å². The van der Waals surface area contributed by atoms with Crippen molar-refractivity contribution >= 4 is 21.2 Å². The zero-order valence-electron chi connectivity index (χ0n) is 17.0. The van der Waals surface area contributed by atoms with Crippen LogP contribution >= 0.6 is 11.3 Å². The molecule has 0 N–H and O–H groups in total. The fourth-order valence-corrected chi connectivity index (χ4v) is 5.06. The number of aryl methyl sites for hydroxylation is 1. The lowest BCUT2D eigenvalue weighted by atomic mass is 10.1. The van der Waals surface area contributed by atoms with Crippen molar-refractivity contribution in [2.24, 2.45) is 0 Å². The van der Waals surface area contributed by atoms with Crippen molar-refractivity contribution in [1.82, 2.24) is 4.98 Å². The van der Waals surface area contributed by atoms with Crippen molar-refractivity contribution < 1.29 is 17.5 Å². The number of nitrogens with zero attached hydrogens (tertiary/aromatic N) is 1. The van der Waals surface area contributed by atoms with E-state index in [1.807, 2.05) is 31.2 Å². The number of halogens is 1. The number of sulfone groups is 1. The Morgan fingerprint density at radius 1 is 0.968 bits per heavy atom. The van der Waals surface area contributed by atoms with E-state index in [0.717, 1.165) is 21.8 Å². The molecule has 0 aliphatic rings. The molecule has 7 heteroatoms. The first-order chi connectivity index (χ1) is 14.8. The molecule has 4 aromatic rings. The van der Waals surface area contributed by atoms with E-state index in [-0.39, 0.29) is 17.3 Å². The molecule has 0 radical (unpaired) electrons. The molecule has 0 saturated heterocycles. The van der Waals surface area contributed by atoms with Gasteiger partial charge in [0.2, 0.25) is 0 Å². The zero-order chi connectivity index (χ0) is 22.0. The first kappa shape index (κ1) is 21.2. The average Bonchev–Trinajstić information content (AvgIpc) is 3.17. The van der Waals surface area contributed by atoms with E-state index in [1.165, 1.54) is 29.7 Å². The quantitative estimate of drug-likeness (QED) is 0.364. The molecular weight excluding hydrogens is 433 g/mol. The molecule has 0 atom stereocenters. The predicted octanol–water partition coefficient (Wildman–Crippen LogP) is 5.91. The molecule has 0 unspecified atom stereocenters. The third-order valence-electron chi connectivity index (χ3n) is 4.70. The van der Waals surface area contributed by atoms with Crippen LogP contribution in [0.1, 0.15) is 10.6 Å². The van der Waals surface area contributed by atoms with Crippen molar-refractivity contribution in [3.8, 4) is 27.4 Å². The van der Waals surface area contributed by atoms with E-state index in [4.69, 9.17) is 9.72 Å². The first-order valence-corrected chi connectivity index (χ1v) is 12.3. The largest absolute Gasteiger partial charge is 0.486 e. The summed E-state index contributed by atoms with van der Waals surface area (Å²) in [7, 11) is -3.46. The lowest BCUT2D eigenvalue weighted by Crippen LogP contribution is -2.00. The fraction of sp³-hybridized carbons (Fsp3) is 0.125. The van der Waals surface area contributed by atoms with Gasteiger partial charge in [-0.15, -0.1) is 11.3 Å². The number of aromatic nitrogens is 1. The Labute approximate surface area is 184 Å². The molecule has 3 aromatic carbocycles. The molecule has 0 saturated carbocycles. The summed E-state index contributed by atoms with van der Waals surface area (Å²) in [5.41, 5.74) is 2.96. The van der Waals surface area contributed by atoms with Gasteiger partial charge < -0.3 is 4.74 Å². The van der Waals surface area contributed by atoms with Gasteiger partial charge in [-0.05, 0) is 42.8 Å². The molecule has 1 heterocycles. The molecule has 0 aliphatic carbocycles. The summed E-state index contributed by atoms with van der Waals surface area (Å²) in [6, 6.07) is 20.6. The van der Waals surface area contributed by atoms with Crippen molar-refractivity contribution in [1.29, 1.82) is 0 Å². The Kier molecular flexibility index (Phi) is 5.89. The van der Waals surface area contributed by atoms with Gasteiger partial charge in [0.15, 0.2) is 9.84 Å². The minimum atomic E-state index is -3.46. The second kappa shape index (κ2) is 8.61. The molecule has 1 aromatic heterocycles. The third kappa shape index (κ3) is 4.84. The Morgan fingerprint density at radius 3 is 2.32 bits per heavy atom. The molecule has 31 heavy (non-hydrogen) atoms. The van der Waals surface area contributed by atoms with Gasteiger partial charge in [-0.3, -0.25) is 0 Å². The summed E-state index contributed by atoms with van der Waals surface area (Å²) >= 11 is 1.40. The van der Waals surface area contributed by atoms with Crippen LogP contribution in [-0.2, 0) is 16.4 Å². The van der Waals surface area contributed by atoms with Crippen LogP contribution in [0.5, 0.6) is 5.75 Å². The lowest BCUT2D eigenvalue weighted by molar-refractivity contribution is 0.305. The molecule has 0 amide bonds. The number of rotatable bonds is 6. The fourth-order valence-electron chi connectivity index (χ4n) is 3.17. The zero-order valence-corrected chi connectivity index (χ0v) is 18.6. The Morgan fingerprint density at radius 2 is 1.65 bits per heavy atom. The van der Waals surface area contributed by atoms with Gasteiger partial charge in [0.1, 0.15) is 23.2 Å². The van der Waals surface area contributed by atoms with Gasteiger partial charge in [-0.1, -0.05) is 48.0 Å². The standard InChI is InChI=1S/C24H20FNO3S2/c1-16-7-13-19(14-8-16)29-15-22-26-23(20-5-3-4-6-21(20)31(2,27)28)24(30-22)17-9-11-18(25)12-10-17/h3-14H,15H2,1-2H3. The van der Waals surface area contributed by atoms with Crippen LogP contribution in [0.2, 0.25) is 0 Å². The van der Waals surface area contributed by atoms with E-state index in [1.54, 1.807) is 36.4 Å². The maximum absolute atomic E-state index is 13.5. The van der Waals surface area contributed by atoms with Crippen LogP contribution in [-0.4, -0.2) is 19.7 Å². The highest BCUT2D eigenvalue weighted by molar-refractivity contribution is 7.90.